The summed E-state index contributed by atoms with van der Waals surface area (Å²) in [6.07, 6.45) is 0. The lowest BCUT2D eigenvalue weighted by atomic mass is 9.98. The van der Waals surface area contributed by atoms with Crippen LogP contribution in [0.1, 0.15) is 38.2 Å². The van der Waals surface area contributed by atoms with Crippen molar-refractivity contribution in [2.24, 2.45) is 0 Å². The molecule has 1 saturated heterocycles. The summed E-state index contributed by atoms with van der Waals surface area (Å²) < 4.78 is 5.94. The number of rotatable bonds is 1. The number of H-pyrrole nitrogens is 1. The Bertz CT molecular complexity index is 530. The first kappa shape index (κ1) is 13.8. The number of pyridine rings is 1. The van der Waals surface area contributed by atoms with Crippen molar-refractivity contribution < 1.29 is 9.53 Å². The second-order valence-corrected chi connectivity index (χ2v) is 6.21. The first-order valence-corrected chi connectivity index (χ1v) is 6.37. The molecule has 0 aliphatic carbocycles. The van der Waals surface area contributed by atoms with Gasteiger partial charge in [-0.25, -0.2) is 0 Å². The van der Waals surface area contributed by atoms with E-state index in [2.05, 4.69) is 4.98 Å². The molecule has 1 aliphatic heterocycles. The van der Waals surface area contributed by atoms with E-state index in [4.69, 9.17) is 4.74 Å². The summed E-state index contributed by atoms with van der Waals surface area (Å²) in [6.45, 7) is 8.85. The molecule has 1 aromatic rings. The molecule has 0 unspecified atom stereocenters. The van der Waals surface area contributed by atoms with Crippen LogP contribution in [-0.2, 0) is 4.74 Å². The molecule has 0 spiro atoms. The van der Waals surface area contributed by atoms with Crippen LogP contribution in [0.2, 0.25) is 0 Å². The number of hydrogen-bond acceptors (Lipinski definition) is 3. The fraction of sp³-hybridized carbons (Fsp3) is 0.571. The Hall–Kier alpha value is -1.62. The van der Waals surface area contributed by atoms with Crippen LogP contribution in [0.25, 0.3) is 0 Å². The topological polar surface area (TPSA) is 62.4 Å². The van der Waals surface area contributed by atoms with Crippen LogP contribution < -0.4 is 5.56 Å². The molecule has 1 fully saturated rings. The van der Waals surface area contributed by atoms with Gasteiger partial charge < -0.3 is 14.6 Å². The number of morpholine rings is 1. The van der Waals surface area contributed by atoms with Gasteiger partial charge in [0.2, 0.25) is 5.56 Å². The van der Waals surface area contributed by atoms with Gasteiger partial charge in [0.05, 0.1) is 11.2 Å². The van der Waals surface area contributed by atoms with Gasteiger partial charge >= 0.3 is 0 Å². The van der Waals surface area contributed by atoms with E-state index in [0.29, 0.717) is 18.8 Å². The summed E-state index contributed by atoms with van der Waals surface area (Å²) in [5.41, 5.74) is -0.738. The van der Waals surface area contributed by atoms with E-state index in [1.165, 1.54) is 6.07 Å². The van der Waals surface area contributed by atoms with Crippen LogP contribution in [-0.4, -0.2) is 40.1 Å². The number of ether oxygens (including phenoxy) is 1. The van der Waals surface area contributed by atoms with E-state index < -0.39 is 11.2 Å². The maximum absolute atomic E-state index is 12.4. The van der Waals surface area contributed by atoms with Gasteiger partial charge in [-0.05, 0) is 33.8 Å². The molecule has 1 aliphatic rings. The van der Waals surface area contributed by atoms with Crippen LogP contribution in [0, 0.1) is 0 Å². The molecule has 0 saturated carbocycles. The lowest BCUT2D eigenvalue weighted by molar-refractivity contribution is -0.171. The molecule has 0 aromatic carbocycles. The van der Waals surface area contributed by atoms with Gasteiger partial charge in [-0.15, -0.1) is 0 Å². The third-order valence-electron chi connectivity index (χ3n) is 2.98. The molecule has 5 nitrogen and oxygen atoms in total. The second kappa shape index (κ2) is 4.49. The van der Waals surface area contributed by atoms with Crippen molar-refractivity contribution in [2.75, 3.05) is 13.1 Å². The van der Waals surface area contributed by atoms with Crippen molar-refractivity contribution >= 4 is 5.91 Å². The molecule has 1 N–H and O–H groups in total. The van der Waals surface area contributed by atoms with E-state index in [9.17, 15) is 9.59 Å². The summed E-state index contributed by atoms with van der Waals surface area (Å²) in [7, 11) is 0. The van der Waals surface area contributed by atoms with E-state index >= 15 is 0 Å². The van der Waals surface area contributed by atoms with Crippen molar-refractivity contribution in [1.82, 2.24) is 9.88 Å². The highest BCUT2D eigenvalue weighted by molar-refractivity contribution is 5.92. The van der Waals surface area contributed by atoms with Crippen LogP contribution in [0.15, 0.2) is 23.0 Å². The molecule has 1 amide bonds. The van der Waals surface area contributed by atoms with Gasteiger partial charge in [0.1, 0.15) is 5.69 Å². The number of aromatic nitrogens is 1. The van der Waals surface area contributed by atoms with Crippen molar-refractivity contribution in [1.29, 1.82) is 0 Å². The van der Waals surface area contributed by atoms with Crippen LogP contribution in [0.3, 0.4) is 0 Å². The number of nitrogens with zero attached hydrogens (tertiary/aromatic N) is 1. The predicted octanol–water partition coefficient (Wildman–Crippen LogP) is 1.40. The molecular formula is C14H20N2O3. The van der Waals surface area contributed by atoms with Crippen molar-refractivity contribution in [3.8, 4) is 0 Å². The summed E-state index contributed by atoms with van der Waals surface area (Å²) in [4.78, 5) is 28.0. The number of aromatic amines is 1. The number of carbonyl (C=O) groups excluding carboxylic acids is 1. The summed E-state index contributed by atoms with van der Waals surface area (Å²) in [5, 5.41) is 0. The second-order valence-electron chi connectivity index (χ2n) is 6.21. The monoisotopic (exact) mass is 264 g/mol. The molecule has 104 valence electrons. The van der Waals surface area contributed by atoms with Gasteiger partial charge in [0.15, 0.2) is 0 Å². The maximum atomic E-state index is 12.4. The molecule has 0 radical (unpaired) electrons. The largest absolute Gasteiger partial charge is 0.366 e. The zero-order valence-electron chi connectivity index (χ0n) is 11.8. The van der Waals surface area contributed by atoms with Gasteiger partial charge in [0, 0.05) is 19.2 Å². The molecule has 0 atom stereocenters. The smallest absolute Gasteiger partial charge is 0.270 e. The van der Waals surface area contributed by atoms with Gasteiger partial charge in [-0.2, -0.15) is 0 Å². The Morgan fingerprint density at radius 2 is 1.79 bits per heavy atom. The normalized spacial score (nSPS) is 21.2. The molecular weight excluding hydrogens is 244 g/mol. The lowest BCUT2D eigenvalue weighted by Gasteiger charge is -2.47. The van der Waals surface area contributed by atoms with Gasteiger partial charge in [-0.3, -0.25) is 9.59 Å². The lowest BCUT2D eigenvalue weighted by Crippen LogP contribution is -2.58. The molecule has 19 heavy (non-hydrogen) atoms. The average molecular weight is 264 g/mol. The fourth-order valence-corrected chi connectivity index (χ4v) is 2.67. The maximum Gasteiger partial charge on any atom is 0.270 e. The highest BCUT2D eigenvalue weighted by Gasteiger charge is 2.40. The van der Waals surface area contributed by atoms with Gasteiger partial charge in [0.25, 0.3) is 5.91 Å². The van der Waals surface area contributed by atoms with E-state index in [0.717, 1.165) is 0 Å². The molecule has 5 heteroatoms. The van der Waals surface area contributed by atoms with Gasteiger partial charge in [-0.1, -0.05) is 6.07 Å². The Balaban J connectivity index is 2.26. The molecule has 1 aromatic heterocycles. The van der Waals surface area contributed by atoms with Crippen LogP contribution >= 0.6 is 0 Å². The van der Waals surface area contributed by atoms with Crippen molar-refractivity contribution in [2.45, 2.75) is 38.9 Å². The zero-order chi connectivity index (χ0) is 14.3. The molecule has 0 bridgehead atoms. The minimum atomic E-state index is -0.396. The summed E-state index contributed by atoms with van der Waals surface area (Å²) in [5.74, 6) is -0.165. The van der Waals surface area contributed by atoms with Crippen LogP contribution in [0.4, 0.5) is 0 Å². The highest BCUT2D eigenvalue weighted by Crippen LogP contribution is 2.28. The van der Waals surface area contributed by atoms with Crippen molar-refractivity contribution in [3.05, 3.63) is 34.2 Å². The minimum absolute atomic E-state index is 0.165. The quantitative estimate of drug-likeness (QED) is 0.834. The first-order valence-electron chi connectivity index (χ1n) is 6.37. The van der Waals surface area contributed by atoms with E-state index in [1.807, 2.05) is 27.7 Å². The number of hydrogen-bond donors (Lipinski definition) is 1. The number of amides is 1. The number of nitrogens with one attached hydrogen (secondary N) is 1. The SMILES string of the molecule is CC1(C)CN(C(=O)c2cccc(=O)[nH]2)CC(C)(C)O1. The Morgan fingerprint density at radius 3 is 2.32 bits per heavy atom. The molecule has 2 heterocycles. The average Bonchev–Trinajstić information content (AvgIpc) is 2.23. The highest BCUT2D eigenvalue weighted by atomic mass is 16.5. The molecule has 2 rings (SSSR count). The zero-order valence-corrected chi connectivity index (χ0v) is 11.8. The predicted molar refractivity (Wildman–Crippen MR) is 72.2 cm³/mol. The Labute approximate surface area is 112 Å². The Morgan fingerprint density at radius 1 is 1.21 bits per heavy atom. The van der Waals surface area contributed by atoms with E-state index in [-0.39, 0.29) is 11.5 Å². The summed E-state index contributed by atoms with van der Waals surface area (Å²) >= 11 is 0. The standard InChI is InChI=1S/C14H20N2O3/c1-13(2)8-16(9-14(3,4)19-13)12(18)10-6-5-7-11(17)15-10/h5-7H,8-9H2,1-4H3,(H,15,17). The van der Waals surface area contributed by atoms with E-state index in [1.54, 1.807) is 17.0 Å². The third-order valence-corrected chi connectivity index (χ3v) is 2.98. The number of carbonyl (C=O) groups is 1. The Kier molecular flexibility index (Phi) is 3.26. The van der Waals surface area contributed by atoms with Crippen LogP contribution in [0.5, 0.6) is 0 Å². The fourth-order valence-electron chi connectivity index (χ4n) is 2.67. The first-order chi connectivity index (χ1) is 8.69. The summed E-state index contributed by atoms with van der Waals surface area (Å²) in [6, 6.07) is 4.60. The third kappa shape index (κ3) is 3.23. The minimum Gasteiger partial charge on any atom is -0.366 e. The van der Waals surface area contributed by atoms with Crippen molar-refractivity contribution in [3.63, 3.8) is 0 Å².